The van der Waals surface area contributed by atoms with E-state index in [9.17, 15) is 13.7 Å². The summed E-state index contributed by atoms with van der Waals surface area (Å²) in [5.41, 5.74) is 0. The molecule has 0 aliphatic carbocycles. The number of halogens is 1. The third-order valence-electron chi connectivity index (χ3n) is 0.244. The van der Waals surface area contributed by atoms with E-state index in [4.69, 9.17) is 0 Å². The van der Waals surface area contributed by atoms with Crippen LogP contribution in [-0.4, -0.2) is 14.3 Å². The van der Waals surface area contributed by atoms with Crippen molar-refractivity contribution < 1.29 is 13.7 Å². The van der Waals surface area contributed by atoms with Crippen LogP contribution in [-0.2, 0) is 0 Å². The van der Waals surface area contributed by atoms with E-state index in [0.717, 1.165) is 0 Å². The fourth-order valence-electron chi connectivity index (χ4n) is 0. The predicted octanol–water partition coefficient (Wildman–Crippen LogP) is -0.772. The van der Waals surface area contributed by atoms with E-state index in [1.165, 1.54) is 6.26 Å². The van der Waals surface area contributed by atoms with Crippen molar-refractivity contribution in [2.24, 2.45) is 0 Å². The van der Waals surface area contributed by atoms with Gasteiger partial charge in [-0.2, -0.15) is 11.2 Å². The quantitative estimate of drug-likeness (QED) is 0.389. The molecule has 0 spiro atoms. The molecular weight excluding hydrogens is 151 g/mol. The highest BCUT2D eigenvalue weighted by Crippen LogP contribution is 2.00. The lowest BCUT2D eigenvalue weighted by Crippen LogP contribution is -2.55. The average Bonchev–Trinajstić information content (AvgIpc) is 1.35. The van der Waals surface area contributed by atoms with E-state index < -0.39 is 8.04 Å². The van der Waals surface area contributed by atoms with Gasteiger partial charge < -0.3 is 26.0 Å². The van der Waals surface area contributed by atoms with Crippen molar-refractivity contribution >= 4 is 19.3 Å². The zero-order chi connectivity index (χ0) is 5.21. The zero-order valence-corrected chi connectivity index (χ0v) is 6.92. The van der Waals surface area contributed by atoms with Gasteiger partial charge >= 0.3 is 0 Å². The van der Waals surface area contributed by atoms with Crippen molar-refractivity contribution in [3.8, 4) is 0 Å². The molecule has 0 aromatic carbocycles. The first kappa shape index (κ1) is 15.8. The number of hydrogen-bond donors (Lipinski definition) is 2. The van der Waals surface area contributed by atoms with Gasteiger partial charge in [-0.1, -0.05) is 0 Å². The van der Waals surface area contributed by atoms with Crippen molar-refractivity contribution in [3.05, 3.63) is 0 Å². The lowest BCUT2D eigenvalue weighted by atomic mass is 12.0. The molecule has 4 nitrogen and oxygen atoms in total. The minimum absolute atomic E-state index is 0. The van der Waals surface area contributed by atoms with Crippen LogP contribution < -0.4 is 21.9 Å². The monoisotopic (exact) mass is 162 g/mol. The lowest BCUT2D eigenvalue weighted by molar-refractivity contribution is -0.374. The maximum atomic E-state index is 11.1. The van der Waals surface area contributed by atoms with Crippen LogP contribution in [0.15, 0.2) is 0 Å². The minimum Gasteiger partial charge on any atom is -0.837 e. The summed E-state index contributed by atoms with van der Waals surface area (Å²) in [6, 6.07) is 0. The van der Waals surface area contributed by atoms with Gasteiger partial charge in [-0.3, -0.25) is 0 Å². The summed E-state index contributed by atoms with van der Waals surface area (Å²) in [6.45, 7) is 0. The van der Waals surface area contributed by atoms with Crippen LogP contribution in [0.3, 0.4) is 0 Å². The van der Waals surface area contributed by atoms with Crippen LogP contribution >= 0.6 is 11.2 Å². The molecule has 0 aliphatic rings. The number of rotatable bonds is 1. The molecule has 0 aliphatic heterocycles. The van der Waals surface area contributed by atoms with Gasteiger partial charge in [-0.15, -0.1) is 0 Å². The van der Waals surface area contributed by atoms with Gasteiger partial charge in [0.1, 0.15) is 8.04 Å². The molecule has 0 radical (unpaired) electrons. The van der Waals surface area contributed by atoms with E-state index in [1.807, 2.05) is 0 Å². The fourth-order valence-corrected chi connectivity index (χ4v) is 0. The molecule has 0 rings (SSSR count). The second kappa shape index (κ2) is 5.47. The molecule has 8 N–H and O–H groups in total. The Kier molecular flexibility index (Phi) is 10.8. The van der Waals surface area contributed by atoms with Crippen LogP contribution in [0.4, 0.5) is 4.11 Å². The van der Waals surface area contributed by atoms with Gasteiger partial charge in [-0.05, 0) is 6.26 Å². The predicted molar refractivity (Wildman–Crippen MR) is 32.3 cm³/mol. The second-order valence-corrected chi connectivity index (χ2v) is 4.74. The minimum atomic E-state index is -4.71. The van der Waals surface area contributed by atoms with Gasteiger partial charge in [-0.25, -0.2) is 0 Å². The molecule has 54 valence electrons. The summed E-state index contributed by atoms with van der Waals surface area (Å²) < 4.78 is 11.1. The topological polar surface area (TPSA) is 119 Å². The summed E-state index contributed by atoms with van der Waals surface area (Å²) in [5.74, 6) is 0. The highest BCUT2D eigenvalue weighted by Gasteiger charge is 1.92. The molecule has 8 heavy (non-hydrogen) atoms. The molecule has 0 bridgehead atoms. The van der Waals surface area contributed by atoms with E-state index in [0.29, 0.717) is 0 Å². The molecular formula is CH11FN2O2SSi. The van der Waals surface area contributed by atoms with E-state index in [1.54, 1.807) is 0 Å². The maximum Gasteiger partial charge on any atom is 0.123 e. The molecule has 0 heterocycles. The van der Waals surface area contributed by atoms with Gasteiger partial charge in [0.15, 0.2) is 0 Å². The van der Waals surface area contributed by atoms with Crippen LogP contribution in [0.5, 0.6) is 0 Å². The third-order valence-corrected chi connectivity index (χ3v) is 2.19. The first-order valence-corrected chi connectivity index (χ1v) is 4.85. The number of hydrogen-bond acceptors (Lipinski definition) is 3. The van der Waals surface area contributed by atoms with Crippen molar-refractivity contribution in [1.29, 1.82) is 0 Å². The first-order valence-electron chi connectivity index (χ1n) is 1.21. The van der Waals surface area contributed by atoms with Crippen molar-refractivity contribution in [2.75, 3.05) is 6.26 Å². The molecule has 0 amide bonds. The zero-order valence-electron chi connectivity index (χ0n) is 5.10. The normalized spacial score (nSPS) is 9.00. The highest BCUT2D eigenvalue weighted by atomic mass is 32.4. The summed E-state index contributed by atoms with van der Waals surface area (Å²) in [5, 5.41) is 0. The molecule has 0 unspecified atom stereocenters. The Morgan fingerprint density at radius 3 is 1.50 bits per heavy atom. The van der Waals surface area contributed by atoms with Gasteiger partial charge in [0, 0.05) is 0 Å². The van der Waals surface area contributed by atoms with Gasteiger partial charge in [0.25, 0.3) is 0 Å². The Balaban J connectivity index is -0.000000125. The third kappa shape index (κ3) is 16.2. The van der Waals surface area contributed by atoms with E-state index >= 15 is 0 Å². The fraction of sp³-hybridized carbons (Fsp3) is 1.00. The summed E-state index contributed by atoms with van der Waals surface area (Å²) in [6.07, 6.45) is 1.19. The molecule has 0 aromatic heterocycles. The molecule has 0 atom stereocenters. The standard InChI is InChI=1S/CH3FO2SSi.2H3N/c1-5-6(2,3)4;;/h1H3;2*1H3/q-2;;/p+2. The molecule has 0 fully saturated rings. The molecule has 0 saturated carbocycles. The Labute approximate surface area is 52.3 Å². The molecule has 0 saturated heterocycles. The number of quaternary nitrogens is 2. The van der Waals surface area contributed by atoms with Crippen LogP contribution in [0.25, 0.3) is 0 Å². The molecule has 7 heteroatoms. The van der Waals surface area contributed by atoms with Crippen molar-refractivity contribution in [1.82, 2.24) is 12.3 Å². The molecule has 0 aromatic rings. The van der Waals surface area contributed by atoms with E-state index in [2.05, 4.69) is 0 Å². The SMILES string of the molecule is CS[Si]([O-])([O-])F.[NH4+].[NH4+]. The highest BCUT2D eigenvalue weighted by molar-refractivity contribution is 8.25. The first-order chi connectivity index (χ1) is 2.56. The largest absolute Gasteiger partial charge is 0.837 e. The van der Waals surface area contributed by atoms with Crippen molar-refractivity contribution in [3.63, 3.8) is 0 Å². The Bertz CT molecular complexity index is 49.8. The lowest BCUT2D eigenvalue weighted by Gasteiger charge is -2.32. The van der Waals surface area contributed by atoms with Crippen LogP contribution in [0, 0.1) is 0 Å². The average molecular weight is 162 g/mol. The Morgan fingerprint density at radius 2 is 1.50 bits per heavy atom. The van der Waals surface area contributed by atoms with Crippen LogP contribution in [0.2, 0.25) is 0 Å². The summed E-state index contributed by atoms with van der Waals surface area (Å²) in [7, 11) is -4.71. The Morgan fingerprint density at radius 1 is 1.38 bits per heavy atom. The van der Waals surface area contributed by atoms with Gasteiger partial charge in [0.2, 0.25) is 0 Å². The maximum absolute atomic E-state index is 11.1. The smallest absolute Gasteiger partial charge is 0.123 e. The van der Waals surface area contributed by atoms with Crippen LogP contribution in [0.1, 0.15) is 0 Å². The van der Waals surface area contributed by atoms with Crippen molar-refractivity contribution in [2.45, 2.75) is 0 Å². The second-order valence-electron chi connectivity index (χ2n) is 0.686. The summed E-state index contributed by atoms with van der Waals surface area (Å²) in [4.78, 5) is 18.7. The van der Waals surface area contributed by atoms with Gasteiger partial charge in [0.05, 0.1) is 0 Å². The van der Waals surface area contributed by atoms with E-state index in [-0.39, 0.29) is 23.5 Å². The summed E-state index contributed by atoms with van der Waals surface area (Å²) >= 11 is 0.243. The Hall–Kier alpha value is 0.337.